The zero-order valence-corrected chi connectivity index (χ0v) is 15.9. The van der Waals surface area contributed by atoms with Crippen molar-refractivity contribution >= 4 is 23.4 Å². The second-order valence-corrected chi connectivity index (χ2v) is 7.06. The highest BCUT2D eigenvalue weighted by atomic mass is 32.2. The van der Waals surface area contributed by atoms with Crippen molar-refractivity contribution in [1.82, 2.24) is 10.2 Å². The van der Waals surface area contributed by atoms with E-state index in [9.17, 15) is 4.79 Å². The molecule has 1 heterocycles. The predicted molar refractivity (Wildman–Crippen MR) is 104 cm³/mol. The lowest BCUT2D eigenvalue weighted by atomic mass is 10.1. The molecule has 6 heteroatoms. The molecule has 1 aromatic heterocycles. The second kappa shape index (κ2) is 8.19. The van der Waals surface area contributed by atoms with Crippen LogP contribution in [0.5, 0.6) is 0 Å². The molecule has 0 radical (unpaired) electrons. The number of nitrogens with zero attached hydrogens (tertiary/aromatic N) is 2. The predicted octanol–water partition coefficient (Wildman–Crippen LogP) is 4.65. The average Bonchev–Trinajstić information content (AvgIpc) is 3.09. The molecule has 134 valence electrons. The first-order chi connectivity index (χ1) is 12.5. The van der Waals surface area contributed by atoms with Crippen LogP contribution in [0.4, 0.5) is 5.69 Å². The summed E-state index contributed by atoms with van der Waals surface area (Å²) in [5.74, 6) is 0.574. The van der Waals surface area contributed by atoms with E-state index in [0.29, 0.717) is 11.1 Å². The van der Waals surface area contributed by atoms with Gasteiger partial charge in [0.1, 0.15) is 0 Å². The normalized spacial score (nSPS) is 10.7. The monoisotopic (exact) mass is 367 g/mol. The molecule has 0 saturated heterocycles. The Morgan fingerprint density at radius 3 is 2.42 bits per heavy atom. The number of hydrogen-bond acceptors (Lipinski definition) is 5. The molecule has 0 aliphatic carbocycles. The summed E-state index contributed by atoms with van der Waals surface area (Å²) in [7, 11) is 0. The Morgan fingerprint density at radius 2 is 1.77 bits per heavy atom. The van der Waals surface area contributed by atoms with E-state index < -0.39 is 0 Å². The van der Waals surface area contributed by atoms with Crippen LogP contribution in [0.3, 0.4) is 0 Å². The highest BCUT2D eigenvalue weighted by molar-refractivity contribution is 7.99. The number of thioether (sulfide) groups is 1. The Bertz CT molecular complexity index is 883. The van der Waals surface area contributed by atoms with Crippen LogP contribution in [-0.2, 0) is 11.2 Å². The zero-order valence-electron chi connectivity index (χ0n) is 15.1. The van der Waals surface area contributed by atoms with Crippen molar-refractivity contribution in [3.63, 3.8) is 0 Å². The van der Waals surface area contributed by atoms with Crippen LogP contribution in [0.15, 0.2) is 52.1 Å². The molecule has 0 spiro atoms. The fraction of sp³-hybridized carbons (Fsp3) is 0.250. The minimum atomic E-state index is -0.106. The smallest absolute Gasteiger partial charge is 0.277 e. The molecular formula is C20H21N3O2S. The Hall–Kier alpha value is -2.60. The van der Waals surface area contributed by atoms with Gasteiger partial charge in [0.05, 0.1) is 5.75 Å². The van der Waals surface area contributed by atoms with Crippen molar-refractivity contribution in [2.24, 2.45) is 0 Å². The molecule has 3 aromatic rings. The summed E-state index contributed by atoms with van der Waals surface area (Å²) >= 11 is 1.23. The number of carbonyl (C=O) groups excluding carboxylic acids is 1. The van der Waals surface area contributed by atoms with Crippen molar-refractivity contribution in [2.75, 3.05) is 11.1 Å². The molecule has 5 nitrogen and oxygen atoms in total. The molecule has 0 unspecified atom stereocenters. The summed E-state index contributed by atoms with van der Waals surface area (Å²) in [6.07, 6.45) is 0.976. The minimum absolute atomic E-state index is 0.106. The quantitative estimate of drug-likeness (QED) is 0.643. The first-order valence-electron chi connectivity index (χ1n) is 8.47. The highest BCUT2D eigenvalue weighted by Crippen LogP contribution is 2.25. The van der Waals surface area contributed by atoms with Crippen LogP contribution < -0.4 is 5.32 Å². The van der Waals surface area contributed by atoms with Crippen LogP contribution in [0, 0.1) is 13.8 Å². The first kappa shape index (κ1) is 18.2. The van der Waals surface area contributed by atoms with Crippen molar-refractivity contribution in [2.45, 2.75) is 32.4 Å². The van der Waals surface area contributed by atoms with E-state index in [-0.39, 0.29) is 11.7 Å². The number of aryl methyl sites for hydroxylation is 3. The third-order valence-electron chi connectivity index (χ3n) is 3.85. The lowest BCUT2D eigenvalue weighted by molar-refractivity contribution is -0.113. The highest BCUT2D eigenvalue weighted by Gasteiger charge is 2.12. The van der Waals surface area contributed by atoms with Gasteiger partial charge in [0, 0.05) is 11.3 Å². The lowest BCUT2D eigenvalue weighted by Gasteiger charge is -2.04. The van der Waals surface area contributed by atoms with E-state index in [0.717, 1.165) is 28.8 Å². The fourth-order valence-corrected chi connectivity index (χ4v) is 3.19. The van der Waals surface area contributed by atoms with Gasteiger partial charge in [0.15, 0.2) is 0 Å². The third kappa shape index (κ3) is 4.73. The molecule has 2 aromatic carbocycles. The van der Waals surface area contributed by atoms with E-state index in [4.69, 9.17) is 4.42 Å². The molecule has 26 heavy (non-hydrogen) atoms. The van der Waals surface area contributed by atoms with Crippen molar-refractivity contribution < 1.29 is 9.21 Å². The van der Waals surface area contributed by atoms with Crippen LogP contribution in [0.25, 0.3) is 11.5 Å². The van der Waals surface area contributed by atoms with Crippen LogP contribution >= 0.6 is 11.8 Å². The number of nitrogens with one attached hydrogen (secondary N) is 1. The molecule has 0 aliphatic rings. The molecule has 0 aliphatic heterocycles. The Balaban J connectivity index is 1.58. The number of carbonyl (C=O) groups is 1. The molecule has 3 rings (SSSR count). The SMILES string of the molecule is CCc1ccc(NC(=O)CSc2nnc(-c3cc(C)cc(C)c3)o2)cc1. The molecular weight excluding hydrogens is 346 g/mol. The minimum Gasteiger partial charge on any atom is -0.411 e. The first-order valence-corrected chi connectivity index (χ1v) is 9.46. The van der Waals surface area contributed by atoms with Crippen LogP contribution in [-0.4, -0.2) is 21.9 Å². The number of benzene rings is 2. The largest absolute Gasteiger partial charge is 0.411 e. The maximum absolute atomic E-state index is 12.1. The van der Waals surface area contributed by atoms with Gasteiger partial charge in [-0.25, -0.2) is 0 Å². The summed E-state index contributed by atoms with van der Waals surface area (Å²) in [5.41, 5.74) is 5.19. The number of amides is 1. The van der Waals surface area contributed by atoms with Crippen LogP contribution in [0.1, 0.15) is 23.6 Å². The Kier molecular flexibility index (Phi) is 5.73. The van der Waals surface area contributed by atoms with Gasteiger partial charge in [0.2, 0.25) is 11.8 Å². The number of rotatable bonds is 6. The standard InChI is InChI=1S/C20H21N3O2S/c1-4-15-5-7-17(8-6-15)21-18(24)12-26-20-23-22-19(25-20)16-10-13(2)9-14(3)11-16/h5-11H,4,12H2,1-3H3,(H,21,24). The zero-order chi connectivity index (χ0) is 18.5. The lowest BCUT2D eigenvalue weighted by Crippen LogP contribution is -2.13. The van der Waals surface area contributed by atoms with Crippen molar-refractivity contribution in [3.8, 4) is 11.5 Å². The van der Waals surface area contributed by atoms with Gasteiger partial charge in [-0.2, -0.15) is 0 Å². The number of anilines is 1. The fourth-order valence-electron chi connectivity index (χ4n) is 2.63. The van der Waals surface area contributed by atoms with Gasteiger partial charge in [-0.3, -0.25) is 4.79 Å². The summed E-state index contributed by atoms with van der Waals surface area (Å²) in [4.78, 5) is 12.1. The second-order valence-electron chi connectivity index (χ2n) is 6.14. The summed E-state index contributed by atoms with van der Waals surface area (Å²) in [6.45, 7) is 6.15. The van der Waals surface area contributed by atoms with E-state index >= 15 is 0 Å². The van der Waals surface area contributed by atoms with Gasteiger partial charge >= 0.3 is 0 Å². The number of hydrogen-bond donors (Lipinski definition) is 1. The molecule has 1 N–H and O–H groups in total. The van der Waals surface area contributed by atoms with Crippen LogP contribution in [0.2, 0.25) is 0 Å². The maximum atomic E-state index is 12.1. The van der Waals surface area contributed by atoms with Gasteiger partial charge in [0.25, 0.3) is 5.22 Å². The summed E-state index contributed by atoms with van der Waals surface area (Å²) < 4.78 is 5.67. The molecule has 0 atom stereocenters. The molecule has 0 fully saturated rings. The van der Waals surface area contributed by atoms with E-state index in [2.05, 4.69) is 28.5 Å². The van der Waals surface area contributed by atoms with E-state index in [1.54, 1.807) is 0 Å². The molecule has 0 bridgehead atoms. The number of aromatic nitrogens is 2. The summed E-state index contributed by atoms with van der Waals surface area (Å²) in [5, 5.41) is 11.4. The van der Waals surface area contributed by atoms with Crippen molar-refractivity contribution in [1.29, 1.82) is 0 Å². The van der Waals surface area contributed by atoms with Crippen molar-refractivity contribution in [3.05, 3.63) is 59.2 Å². The van der Waals surface area contributed by atoms with Gasteiger partial charge in [-0.15, -0.1) is 10.2 Å². The van der Waals surface area contributed by atoms with Gasteiger partial charge in [-0.05, 0) is 50.1 Å². The molecule has 1 amide bonds. The summed E-state index contributed by atoms with van der Waals surface area (Å²) in [6, 6.07) is 13.9. The molecule has 0 saturated carbocycles. The average molecular weight is 367 g/mol. The third-order valence-corrected chi connectivity index (χ3v) is 4.67. The van der Waals surface area contributed by atoms with Gasteiger partial charge < -0.3 is 9.73 Å². The Labute approximate surface area is 157 Å². The Morgan fingerprint density at radius 1 is 1.08 bits per heavy atom. The van der Waals surface area contributed by atoms with E-state index in [1.165, 1.54) is 17.3 Å². The van der Waals surface area contributed by atoms with E-state index in [1.807, 2.05) is 50.2 Å². The maximum Gasteiger partial charge on any atom is 0.277 e. The topological polar surface area (TPSA) is 68.0 Å². The van der Waals surface area contributed by atoms with Gasteiger partial charge in [-0.1, -0.05) is 48.0 Å².